The Kier molecular flexibility index (Phi) is 3.57. The summed E-state index contributed by atoms with van der Waals surface area (Å²) in [6.07, 6.45) is 3.39. The molecule has 3 rings (SSSR count). The van der Waals surface area contributed by atoms with Gasteiger partial charge in [0.2, 0.25) is 0 Å². The zero-order chi connectivity index (χ0) is 15.0. The third-order valence-electron chi connectivity index (χ3n) is 3.11. The van der Waals surface area contributed by atoms with E-state index in [4.69, 9.17) is 17.3 Å². The van der Waals surface area contributed by atoms with Crippen LogP contribution in [0.4, 0.5) is 11.4 Å². The van der Waals surface area contributed by atoms with Gasteiger partial charge < -0.3 is 11.1 Å². The second-order valence-corrected chi connectivity index (χ2v) is 6.01. The summed E-state index contributed by atoms with van der Waals surface area (Å²) in [5.41, 5.74) is 7.19. The number of nitrogen functional groups attached to an aromatic ring is 1. The first-order valence-corrected chi connectivity index (χ1v) is 7.59. The molecule has 0 aliphatic rings. The number of amides is 1. The highest BCUT2D eigenvalue weighted by atomic mass is 35.5. The van der Waals surface area contributed by atoms with Crippen molar-refractivity contribution in [2.24, 2.45) is 0 Å². The van der Waals surface area contributed by atoms with E-state index < -0.39 is 0 Å². The number of rotatable bonds is 3. The standard InChI is InChI=1S/C14H13ClN4OS/c1-2-19-7-9(6-17-19)18-14(20)13-12(16)10-4-3-8(15)5-11(10)21-13/h3-7H,2,16H2,1H3,(H,18,20). The van der Waals surface area contributed by atoms with Crippen LogP contribution < -0.4 is 11.1 Å². The number of anilines is 2. The quantitative estimate of drug-likeness (QED) is 0.774. The van der Waals surface area contributed by atoms with Crippen LogP contribution in [0.2, 0.25) is 5.02 Å². The minimum atomic E-state index is -0.236. The fourth-order valence-corrected chi connectivity index (χ4v) is 3.34. The Morgan fingerprint density at radius 1 is 1.52 bits per heavy atom. The number of hydrogen-bond donors (Lipinski definition) is 2. The molecule has 7 heteroatoms. The maximum absolute atomic E-state index is 12.3. The van der Waals surface area contributed by atoms with Gasteiger partial charge in [0.15, 0.2) is 0 Å². The van der Waals surface area contributed by atoms with Gasteiger partial charge in [-0.15, -0.1) is 11.3 Å². The predicted octanol–water partition coefficient (Wildman–Crippen LogP) is 3.61. The Labute approximate surface area is 130 Å². The monoisotopic (exact) mass is 320 g/mol. The lowest BCUT2D eigenvalue weighted by atomic mass is 10.2. The molecule has 108 valence electrons. The number of fused-ring (bicyclic) bond motifs is 1. The largest absolute Gasteiger partial charge is 0.397 e. The summed E-state index contributed by atoms with van der Waals surface area (Å²) >= 11 is 7.29. The van der Waals surface area contributed by atoms with E-state index in [1.165, 1.54) is 11.3 Å². The third-order valence-corrected chi connectivity index (χ3v) is 4.51. The van der Waals surface area contributed by atoms with Crippen molar-refractivity contribution in [3.05, 3.63) is 40.5 Å². The average Bonchev–Trinajstić information content (AvgIpc) is 3.03. The van der Waals surface area contributed by atoms with Crippen LogP contribution in [0.1, 0.15) is 16.6 Å². The van der Waals surface area contributed by atoms with Gasteiger partial charge in [0, 0.05) is 27.9 Å². The van der Waals surface area contributed by atoms with Gasteiger partial charge in [-0.05, 0) is 25.1 Å². The van der Waals surface area contributed by atoms with Crippen LogP contribution >= 0.6 is 22.9 Å². The molecule has 0 atom stereocenters. The lowest BCUT2D eigenvalue weighted by Crippen LogP contribution is -2.11. The van der Waals surface area contributed by atoms with Gasteiger partial charge in [-0.2, -0.15) is 5.10 Å². The lowest BCUT2D eigenvalue weighted by molar-refractivity contribution is 0.103. The molecule has 5 nitrogen and oxygen atoms in total. The number of benzene rings is 1. The van der Waals surface area contributed by atoms with Crippen LogP contribution in [0, 0.1) is 0 Å². The summed E-state index contributed by atoms with van der Waals surface area (Å²) in [6.45, 7) is 2.73. The SMILES string of the molecule is CCn1cc(NC(=O)c2sc3cc(Cl)ccc3c2N)cn1. The zero-order valence-electron chi connectivity index (χ0n) is 11.3. The van der Waals surface area contributed by atoms with Gasteiger partial charge in [-0.25, -0.2) is 0 Å². The van der Waals surface area contributed by atoms with Gasteiger partial charge in [0.25, 0.3) is 5.91 Å². The van der Waals surface area contributed by atoms with Crippen molar-refractivity contribution in [3.63, 3.8) is 0 Å². The first-order valence-electron chi connectivity index (χ1n) is 6.40. The van der Waals surface area contributed by atoms with Crippen molar-refractivity contribution in [3.8, 4) is 0 Å². The minimum Gasteiger partial charge on any atom is -0.397 e. The maximum atomic E-state index is 12.3. The third kappa shape index (κ3) is 2.59. The van der Waals surface area contributed by atoms with E-state index in [1.54, 1.807) is 23.1 Å². The van der Waals surface area contributed by atoms with Crippen LogP contribution in [0.15, 0.2) is 30.6 Å². The van der Waals surface area contributed by atoms with Gasteiger partial charge >= 0.3 is 0 Å². The molecule has 0 aliphatic heterocycles. The Hall–Kier alpha value is -2.05. The van der Waals surface area contributed by atoms with Crippen LogP contribution in [-0.4, -0.2) is 15.7 Å². The van der Waals surface area contributed by atoms with Crippen molar-refractivity contribution in [1.29, 1.82) is 0 Å². The van der Waals surface area contributed by atoms with Crippen molar-refractivity contribution in [2.45, 2.75) is 13.5 Å². The average molecular weight is 321 g/mol. The molecule has 0 aliphatic carbocycles. The predicted molar refractivity (Wildman–Crippen MR) is 87.1 cm³/mol. The van der Waals surface area contributed by atoms with Crippen LogP contribution in [0.5, 0.6) is 0 Å². The first-order chi connectivity index (χ1) is 10.1. The van der Waals surface area contributed by atoms with E-state index >= 15 is 0 Å². The fraction of sp³-hybridized carbons (Fsp3) is 0.143. The maximum Gasteiger partial charge on any atom is 0.267 e. The van der Waals surface area contributed by atoms with Gasteiger partial charge in [0.05, 0.1) is 17.6 Å². The van der Waals surface area contributed by atoms with E-state index in [1.807, 2.05) is 19.1 Å². The van der Waals surface area contributed by atoms with E-state index in [0.29, 0.717) is 21.3 Å². The van der Waals surface area contributed by atoms with Crippen LogP contribution in [0.3, 0.4) is 0 Å². The molecule has 0 saturated heterocycles. The molecular weight excluding hydrogens is 308 g/mol. The van der Waals surface area contributed by atoms with E-state index in [0.717, 1.165) is 16.6 Å². The van der Waals surface area contributed by atoms with Crippen molar-refractivity contribution in [1.82, 2.24) is 9.78 Å². The first kappa shape index (κ1) is 13.9. The van der Waals surface area contributed by atoms with Crippen LogP contribution in [0.25, 0.3) is 10.1 Å². The number of aryl methyl sites for hydroxylation is 1. The molecular formula is C14H13ClN4OS. The molecule has 21 heavy (non-hydrogen) atoms. The molecule has 0 fully saturated rings. The summed E-state index contributed by atoms with van der Waals surface area (Å²) in [5, 5.41) is 8.39. The molecule has 0 saturated carbocycles. The molecule has 2 aromatic heterocycles. The molecule has 1 aromatic carbocycles. The number of thiophene rings is 1. The summed E-state index contributed by atoms with van der Waals surface area (Å²) in [6, 6.07) is 5.40. The lowest BCUT2D eigenvalue weighted by Gasteiger charge is -2.00. The number of aromatic nitrogens is 2. The van der Waals surface area contributed by atoms with E-state index in [2.05, 4.69) is 10.4 Å². The molecule has 3 N–H and O–H groups in total. The molecule has 0 spiro atoms. The molecule has 0 bridgehead atoms. The molecule has 0 radical (unpaired) electrons. The Morgan fingerprint density at radius 3 is 3.05 bits per heavy atom. The second-order valence-electron chi connectivity index (χ2n) is 4.52. The Balaban J connectivity index is 1.92. The highest BCUT2D eigenvalue weighted by Crippen LogP contribution is 2.35. The van der Waals surface area contributed by atoms with Crippen molar-refractivity contribution in [2.75, 3.05) is 11.1 Å². The second kappa shape index (κ2) is 5.38. The number of nitrogens with two attached hydrogens (primary N) is 1. The fourth-order valence-electron chi connectivity index (χ4n) is 2.05. The summed E-state index contributed by atoms with van der Waals surface area (Å²) < 4.78 is 2.64. The molecule has 0 unspecified atom stereocenters. The number of nitrogens with one attached hydrogen (secondary N) is 1. The Morgan fingerprint density at radius 2 is 2.33 bits per heavy atom. The Bertz CT molecular complexity index is 824. The number of carbonyl (C=O) groups excluding carboxylic acids is 1. The number of hydrogen-bond acceptors (Lipinski definition) is 4. The van der Waals surface area contributed by atoms with Crippen molar-refractivity contribution >= 4 is 50.3 Å². The summed E-state index contributed by atoms with van der Waals surface area (Å²) in [5.74, 6) is -0.236. The normalized spacial score (nSPS) is 11.0. The highest BCUT2D eigenvalue weighted by molar-refractivity contribution is 7.21. The topological polar surface area (TPSA) is 72.9 Å². The van der Waals surface area contributed by atoms with Gasteiger partial charge in [-0.3, -0.25) is 9.48 Å². The summed E-state index contributed by atoms with van der Waals surface area (Å²) in [4.78, 5) is 12.8. The smallest absolute Gasteiger partial charge is 0.267 e. The highest BCUT2D eigenvalue weighted by Gasteiger charge is 2.17. The molecule has 1 amide bonds. The summed E-state index contributed by atoms with van der Waals surface area (Å²) in [7, 11) is 0. The van der Waals surface area contributed by atoms with E-state index in [-0.39, 0.29) is 5.91 Å². The van der Waals surface area contributed by atoms with Gasteiger partial charge in [0.1, 0.15) is 4.88 Å². The van der Waals surface area contributed by atoms with Gasteiger partial charge in [-0.1, -0.05) is 11.6 Å². The minimum absolute atomic E-state index is 0.236. The number of halogens is 1. The van der Waals surface area contributed by atoms with E-state index in [9.17, 15) is 4.79 Å². The van der Waals surface area contributed by atoms with Crippen molar-refractivity contribution < 1.29 is 4.79 Å². The number of carbonyl (C=O) groups is 1. The zero-order valence-corrected chi connectivity index (χ0v) is 12.8. The molecule has 3 aromatic rings. The van der Waals surface area contributed by atoms with Crippen LogP contribution in [-0.2, 0) is 6.54 Å². The molecule has 2 heterocycles. The number of nitrogens with zero attached hydrogens (tertiary/aromatic N) is 2.